The van der Waals surface area contributed by atoms with Crippen molar-refractivity contribution in [2.75, 3.05) is 24.2 Å². The van der Waals surface area contributed by atoms with Gasteiger partial charge in [-0.2, -0.15) is 0 Å². The molecule has 0 radical (unpaired) electrons. The Hall–Kier alpha value is -3.03. The van der Waals surface area contributed by atoms with Crippen molar-refractivity contribution in [2.24, 2.45) is 0 Å². The first kappa shape index (κ1) is 21.7. The molecule has 2 aromatic rings. The highest BCUT2D eigenvalue weighted by Crippen LogP contribution is 2.23. The number of unbranched alkanes of at least 4 members (excludes halogenated alkanes) is 1. The molecule has 8 nitrogen and oxygen atoms in total. The van der Waals surface area contributed by atoms with E-state index in [1.807, 2.05) is 0 Å². The lowest BCUT2D eigenvalue weighted by Crippen LogP contribution is -2.14. The molecular weight excluding hydrogens is 382 g/mol. The molecule has 1 aliphatic rings. The highest BCUT2D eigenvalue weighted by atomic mass is 16.4. The minimum atomic E-state index is -0.962. The molecule has 0 saturated heterocycles. The van der Waals surface area contributed by atoms with E-state index in [0.717, 1.165) is 50.2 Å². The smallest absolute Gasteiger partial charge is 0.311 e. The maximum absolute atomic E-state index is 12.2. The second kappa shape index (κ2) is 10.7. The lowest BCUT2D eigenvalue weighted by Gasteiger charge is -2.17. The Bertz CT molecular complexity index is 870. The number of pyridine rings is 1. The maximum Gasteiger partial charge on any atom is 0.311 e. The summed E-state index contributed by atoms with van der Waals surface area (Å²) in [6, 6.07) is 4.22. The van der Waals surface area contributed by atoms with E-state index in [0.29, 0.717) is 17.9 Å². The summed E-state index contributed by atoms with van der Waals surface area (Å²) in [5.74, 6) is -0.207. The number of aryl methyl sites for hydroxylation is 2. The Balaban J connectivity index is 1.40. The van der Waals surface area contributed by atoms with Crippen molar-refractivity contribution in [1.82, 2.24) is 15.0 Å². The van der Waals surface area contributed by atoms with Crippen LogP contribution in [0.5, 0.6) is 0 Å². The van der Waals surface area contributed by atoms with Gasteiger partial charge < -0.3 is 15.7 Å². The van der Waals surface area contributed by atoms with Crippen LogP contribution in [0.15, 0.2) is 24.5 Å². The van der Waals surface area contributed by atoms with E-state index in [9.17, 15) is 14.7 Å². The molecule has 8 heteroatoms. The van der Waals surface area contributed by atoms with Crippen LogP contribution >= 0.6 is 0 Å². The standard InChI is InChI=1S/C22H29N5O3/c1-23-22-25-13-16(14-26-22)19(21(29)30)11-10-18(28)7-3-2-6-17-9-8-15-5-4-12-24-20(15)27-17/h8-9,13-14,19H,2-7,10-12H2,1H3,(H,24,27)(H,29,30)(H,23,25,26)/t19-/m0/s1. The van der Waals surface area contributed by atoms with Crippen LogP contribution in [0.2, 0.25) is 0 Å². The van der Waals surface area contributed by atoms with E-state index in [2.05, 4.69) is 37.7 Å². The van der Waals surface area contributed by atoms with Crippen molar-refractivity contribution in [3.63, 3.8) is 0 Å². The molecule has 0 unspecified atom stereocenters. The summed E-state index contributed by atoms with van der Waals surface area (Å²) in [5, 5.41) is 15.6. The van der Waals surface area contributed by atoms with Crippen molar-refractivity contribution in [3.8, 4) is 0 Å². The van der Waals surface area contributed by atoms with Gasteiger partial charge >= 0.3 is 5.97 Å². The molecule has 0 aromatic carbocycles. The number of nitrogens with zero attached hydrogens (tertiary/aromatic N) is 3. The van der Waals surface area contributed by atoms with Gasteiger partial charge in [0.1, 0.15) is 11.6 Å². The van der Waals surface area contributed by atoms with Crippen LogP contribution in [0.25, 0.3) is 0 Å². The number of carboxylic acids is 1. The molecule has 0 aliphatic carbocycles. The van der Waals surface area contributed by atoms with Crippen LogP contribution in [-0.2, 0) is 22.4 Å². The molecule has 30 heavy (non-hydrogen) atoms. The van der Waals surface area contributed by atoms with Gasteiger partial charge in [0.25, 0.3) is 0 Å². The van der Waals surface area contributed by atoms with Crippen LogP contribution < -0.4 is 10.6 Å². The fraction of sp³-hybridized carbons (Fsp3) is 0.500. The summed E-state index contributed by atoms with van der Waals surface area (Å²) >= 11 is 0. The summed E-state index contributed by atoms with van der Waals surface area (Å²) < 4.78 is 0. The van der Waals surface area contributed by atoms with Crippen LogP contribution in [0, 0.1) is 0 Å². The first-order valence-corrected chi connectivity index (χ1v) is 10.5. The van der Waals surface area contributed by atoms with Gasteiger partial charge in [-0.05, 0) is 50.2 Å². The first-order valence-electron chi connectivity index (χ1n) is 10.5. The zero-order valence-corrected chi connectivity index (χ0v) is 17.4. The Kier molecular flexibility index (Phi) is 7.70. The van der Waals surface area contributed by atoms with Crippen molar-refractivity contribution in [2.45, 2.75) is 57.3 Å². The molecule has 0 spiro atoms. The van der Waals surface area contributed by atoms with Gasteiger partial charge in [0, 0.05) is 50.1 Å². The minimum absolute atomic E-state index is 0.0917. The quantitative estimate of drug-likeness (QED) is 0.483. The fourth-order valence-electron chi connectivity index (χ4n) is 3.65. The average Bonchev–Trinajstić information content (AvgIpc) is 2.77. The number of rotatable bonds is 11. The maximum atomic E-state index is 12.2. The highest BCUT2D eigenvalue weighted by Gasteiger charge is 2.21. The molecule has 2 aromatic heterocycles. The van der Waals surface area contributed by atoms with Crippen molar-refractivity contribution in [1.29, 1.82) is 0 Å². The number of aromatic nitrogens is 3. The zero-order valence-electron chi connectivity index (χ0n) is 17.4. The normalized spacial score (nSPS) is 13.8. The number of anilines is 2. The third-order valence-corrected chi connectivity index (χ3v) is 5.40. The fourth-order valence-corrected chi connectivity index (χ4v) is 3.65. The van der Waals surface area contributed by atoms with Crippen LogP contribution in [-0.4, -0.2) is 45.4 Å². The summed E-state index contributed by atoms with van der Waals surface area (Å²) in [5.41, 5.74) is 2.84. The zero-order chi connectivity index (χ0) is 21.3. The van der Waals surface area contributed by atoms with Crippen molar-refractivity contribution >= 4 is 23.5 Å². The largest absolute Gasteiger partial charge is 0.481 e. The summed E-state index contributed by atoms with van der Waals surface area (Å²) in [6.07, 6.45) is 8.70. The SMILES string of the molecule is CNc1ncc([C@H](CCC(=O)CCCCc2ccc3c(n2)NCCC3)C(=O)O)cn1. The van der Waals surface area contributed by atoms with E-state index < -0.39 is 11.9 Å². The molecule has 0 amide bonds. The van der Waals surface area contributed by atoms with E-state index in [1.54, 1.807) is 7.05 Å². The van der Waals surface area contributed by atoms with Crippen molar-refractivity contribution < 1.29 is 14.7 Å². The summed E-state index contributed by atoms with van der Waals surface area (Å²) in [7, 11) is 1.70. The predicted octanol–water partition coefficient (Wildman–Crippen LogP) is 3.20. The third kappa shape index (κ3) is 5.98. The number of carbonyl (C=O) groups is 2. The average molecular weight is 412 g/mol. The van der Waals surface area contributed by atoms with E-state index in [-0.39, 0.29) is 18.6 Å². The van der Waals surface area contributed by atoms with Crippen LogP contribution in [0.1, 0.15) is 61.3 Å². The molecule has 3 rings (SSSR count). The second-order valence-electron chi connectivity index (χ2n) is 7.61. The van der Waals surface area contributed by atoms with E-state index in [1.165, 1.54) is 18.0 Å². The van der Waals surface area contributed by atoms with Gasteiger partial charge in [0.15, 0.2) is 0 Å². The molecule has 3 N–H and O–H groups in total. The van der Waals surface area contributed by atoms with Crippen molar-refractivity contribution in [3.05, 3.63) is 41.3 Å². The summed E-state index contributed by atoms with van der Waals surface area (Å²) in [4.78, 5) is 36.6. The molecule has 1 atom stereocenters. The highest BCUT2D eigenvalue weighted by molar-refractivity contribution is 5.80. The Morgan fingerprint density at radius 1 is 1.20 bits per heavy atom. The lowest BCUT2D eigenvalue weighted by atomic mass is 9.94. The number of Topliss-reactive ketones (excluding diaryl/α,β-unsaturated/α-hetero) is 1. The number of hydrogen-bond acceptors (Lipinski definition) is 7. The Morgan fingerprint density at radius 3 is 2.73 bits per heavy atom. The first-order chi connectivity index (χ1) is 14.6. The Morgan fingerprint density at radius 2 is 2.00 bits per heavy atom. The molecule has 0 fully saturated rings. The van der Waals surface area contributed by atoms with Gasteiger partial charge in [-0.3, -0.25) is 9.59 Å². The van der Waals surface area contributed by atoms with Gasteiger partial charge in [-0.25, -0.2) is 15.0 Å². The van der Waals surface area contributed by atoms with E-state index in [4.69, 9.17) is 0 Å². The number of hydrogen-bond donors (Lipinski definition) is 3. The third-order valence-electron chi connectivity index (χ3n) is 5.40. The number of nitrogens with one attached hydrogen (secondary N) is 2. The number of carboxylic acid groups (broad SMARTS) is 1. The minimum Gasteiger partial charge on any atom is -0.481 e. The topological polar surface area (TPSA) is 117 Å². The molecule has 0 saturated carbocycles. The van der Waals surface area contributed by atoms with E-state index >= 15 is 0 Å². The van der Waals surface area contributed by atoms with Gasteiger partial charge in [0.05, 0.1) is 5.92 Å². The monoisotopic (exact) mass is 411 g/mol. The number of carbonyl (C=O) groups excluding carboxylic acids is 1. The summed E-state index contributed by atoms with van der Waals surface area (Å²) in [6.45, 7) is 0.973. The van der Waals surface area contributed by atoms with Gasteiger partial charge in [0.2, 0.25) is 5.95 Å². The number of aliphatic carboxylic acids is 1. The lowest BCUT2D eigenvalue weighted by molar-refractivity contribution is -0.139. The Labute approximate surface area is 176 Å². The van der Waals surface area contributed by atoms with Gasteiger partial charge in [-0.15, -0.1) is 0 Å². The number of ketones is 1. The van der Waals surface area contributed by atoms with Crippen LogP contribution in [0.4, 0.5) is 11.8 Å². The van der Waals surface area contributed by atoms with Crippen LogP contribution in [0.3, 0.4) is 0 Å². The molecule has 1 aliphatic heterocycles. The van der Waals surface area contributed by atoms with Gasteiger partial charge in [-0.1, -0.05) is 6.07 Å². The number of fused-ring (bicyclic) bond motifs is 1. The molecule has 3 heterocycles. The molecule has 160 valence electrons. The molecular formula is C22H29N5O3. The second-order valence-corrected chi connectivity index (χ2v) is 7.61. The predicted molar refractivity (Wildman–Crippen MR) is 115 cm³/mol. The molecule has 0 bridgehead atoms.